The maximum Gasteiger partial charge on any atom is 0.220 e. The van der Waals surface area contributed by atoms with E-state index in [9.17, 15) is 4.79 Å². The van der Waals surface area contributed by atoms with Crippen molar-refractivity contribution in [1.82, 2.24) is 15.5 Å². The van der Waals surface area contributed by atoms with Gasteiger partial charge in [0, 0.05) is 24.9 Å². The van der Waals surface area contributed by atoms with Gasteiger partial charge in [0.25, 0.3) is 0 Å². The Kier molecular flexibility index (Phi) is 4.29. The molecule has 0 saturated heterocycles. The molecule has 0 fully saturated rings. The first-order valence-corrected chi connectivity index (χ1v) is 6.96. The summed E-state index contributed by atoms with van der Waals surface area (Å²) >= 11 is 0. The predicted molar refractivity (Wildman–Crippen MR) is 78.6 cm³/mol. The number of furan rings is 1. The summed E-state index contributed by atoms with van der Waals surface area (Å²) in [4.78, 5) is 15.8. The average molecular weight is 297 g/mol. The summed E-state index contributed by atoms with van der Waals surface area (Å²) in [5, 5.41) is 6.72. The molecule has 1 amide bonds. The minimum atomic E-state index is -0.0284. The van der Waals surface area contributed by atoms with E-state index in [4.69, 9.17) is 8.94 Å². The highest BCUT2D eigenvalue weighted by Gasteiger charge is 2.10. The lowest BCUT2D eigenvalue weighted by Gasteiger charge is -2.02. The van der Waals surface area contributed by atoms with Crippen LogP contribution in [0.2, 0.25) is 0 Å². The molecular formula is C16H15N3O3. The third-order valence-corrected chi connectivity index (χ3v) is 3.18. The molecule has 0 spiro atoms. The Labute approximate surface area is 127 Å². The summed E-state index contributed by atoms with van der Waals surface area (Å²) < 4.78 is 10.4. The highest BCUT2D eigenvalue weighted by Crippen LogP contribution is 2.20. The van der Waals surface area contributed by atoms with Crippen LogP contribution in [-0.2, 0) is 17.8 Å². The molecule has 6 nitrogen and oxygen atoms in total. The van der Waals surface area contributed by atoms with Crippen LogP contribution in [0.5, 0.6) is 0 Å². The number of aryl methyl sites for hydroxylation is 1. The fourth-order valence-electron chi connectivity index (χ4n) is 2.01. The van der Waals surface area contributed by atoms with Crippen molar-refractivity contribution in [3.63, 3.8) is 0 Å². The maximum atomic E-state index is 11.8. The van der Waals surface area contributed by atoms with Crippen molar-refractivity contribution < 1.29 is 13.7 Å². The number of carbonyl (C=O) groups is 1. The number of hydrogen-bond acceptors (Lipinski definition) is 5. The van der Waals surface area contributed by atoms with Gasteiger partial charge in [-0.05, 0) is 36.2 Å². The first-order valence-electron chi connectivity index (χ1n) is 6.96. The van der Waals surface area contributed by atoms with Gasteiger partial charge >= 0.3 is 0 Å². The van der Waals surface area contributed by atoms with Crippen LogP contribution in [0.25, 0.3) is 11.5 Å². The van der Waals surface area contributed by atoms with Gasteiger partial charge in [0.2, 0.25) is 11.7 Å². The summed E-state index contributed by atoms with van der Waals surface area (Å²) in [7, 11) is 0. The van der Waals surface area contributed by atoms with Gasteiger partial charge in [0.05, 0.1) is 12.8 Å². The highest BCUT2D eigenvalue weighted by molar-refractivity contribution is 5.76. The lowest BCUT2D eigenvalue weighted by molar-refractivity contribution is -0.121. The normalized spacial score (nSPS) is 10.5. The number of hydrogen-bond donors (Lipinski definition) is 1. The molecule has 0 aromatic carbocycles. The van der Waals surface area contributed by atoms with Gasteiger partial charge in [0.15, 0.2) is 5.76 Å². The van der Waals surface area contributed by atoms with Crippen LogP contribution >= 0.6 is 0 Å². The zero-order chi connectivity index (χ0) is 15.2. The monoisotopic (exact) mass is 297 g/mol. The largest absolute Gasteiger partial charge is 0.461 e. The topological polar surface area (TPSA) is 81.2 Å². The number of aromatic nitrogens is 2. The van der Waals surface area contributed by atoms with E-state index in [-0.39, 0.29) is 5.91 Å². The third kappa shape index (κ3) is 3.60. The Balaban J connectivity index is 1.47. The second kappa shape index (κ2) is 6.71. The SMILES string of the molecule is O=C(CCc1ccncc1)NCc1cc(-c2ccco2)on1. The summed E-state index contributed by atoms with van der Waals surface area (Å²) in [5.41, 5.74) is 1.75. The fourth-order valence-corrected chi connectivity index (χ4v) is 2.01. The molecule has 0 bridgehead atoms. The van der Waals surface area contributed by atoms with Gasteiger partial charge in [0.1, 0.15) is 5.69 Å². The van der Waals surface area contributed by atoms with Crippen molar-refractivity contribution in [3.8, 4) is 11.5 Å². The van der Waals surface area contributed by atoms with E-state index in [1.807, 2.05) is 12.1 Å². The molecule has 0 saturated carbocycles. The van der Waals surface area contributed by atoms with E-state index in [0.717, 1.165) is 5.56 Å². The number of pyridine rings is 1. The Hall–Kier alpha value is -2.89. The maximum absolute atomic E-state index is 11.8. The molecular weight excluding hydrogens is 282 g/mol. The number of carbonyl (C=O) groups excluding carboxylic acids is 1. The van der Waals surface area contributed by atoms with Gasteiger partial charge in [-0.25, -0.2) is 0 Å². The quantitative estimate of drug-likeness (QED) is 0.756. The Bertz CT molecular complexity index is 720. The van der Waals surface area contributed by atoms with Gasteiger partial charge < -0.3 is 14.3 Å². The van der Waals surface area contributed by atoms with E-state index >= 15 is 0 Å². The smallest absolute Gasteiger partial charge is 0.220 e. The molecule has 3 heterocycles. The lowest BCUT2D eigenvalue weighted by Crippen LogP contribution is -2.23. The summed E-state index contributed by atoms with van der Waals surface area (Å²) in [6, 6.07) is 9.12. The molecule has 3 aromatic heterocycles. The molecule has 0 aliphatic heterocycles. The number of nitrogens with one attached hydrogen (secondary N) is 1. The fraction of sp³-hybridized carbons (Fsp3) is 0.188. The zero-order valence-electron chi connectivity index (χ0n) is 11.9. The molecule has 6 heteroatoms. The predicted octanol–water partition coefficient (Wildman–Crippen LogP) is 2.58. The molecule has 3 aromatic rings. The van der Waals surface area contributed by atoms with Crippen LogP contribution in [0, 0.1) is 0 Å². The van der Waals surface area contributed by atoms with E-state index in [1.54, 1.807) is 36.9 Å². The van der Waals surface area contributed by atoms with Crippen LogP contribution in [0.15, 0.2) is 57.9 Å². The minimum Gasteiger partial charge on any atom is -0.461 e. The first-order chi connectivity index (χ1) is 10.8. The van der Waals surface area contributed by atoms with Gasteiger partial charge in [-0.2, -0.15) is 0 Å². The third-order valence-electron chi connectivity index (χ3n) is 3.18. The standard InChI is InChI=1S/C16H15N3O3/c20-16(4-3-12-5-7-17-8-6-12)18-11-13-10-15(22-19-13)14-2-1-9-21-14/h1-2,5-10H,3-4,11H2,(H,18,20). The van der Waals surface area contributed by atoms with E-state index < -0.39 is 0 Å². The van der Waals surface area contributed by atoms with Crippen LogP contribution < -0.4 is 5.32 Å². The van der Waals surface area contributed by atoms with Crippen molar-refractivity contribution in [2.45, 2.75) is 19.4 Å². The Morgan fingerprint density at radius 3 is 2.82 bits per heavy atom. The molecule has 3 rings (SSSR count). The molecule has 0 aliphatic carbocycles. The van der Waals surface area contributed by atoms with Gasteiger partial charge in [-0.15, -0.1) is 0 Å². The van der Waals surface area contributed by atoms with E-state index in [0.29, 0.717) is 36.6 Å². The van der Waals surface area contributed by atoms with Crippen molar-refractivity contribution in [1.29, 1.82) is 0 Å². The molecule has 0 atom stereocenters. The molecule has 112 valence electrons. The van der Waals surface area contributed by atoms with Crippen molar-refractivity contribution >= 4 is 5.91 Å². The number of rotatable bonds is 6. The van der Waals surface area contributed by atoms with Crippen LogP contribution in [-0.4, -0.2) is 16.0 Å². The summed E-state index contributed by atoms with van der Waals surface area (Å²) in [6.45, 7) is 0.333. The number of amides is 1. The van der Waals surface area contributed by atoms with Crippen molar-refractivity contribution in [2.24, 2.45) is 0 Å². The van der Waals surface area contributed by atoms with Crippen LogP contribution in [0.1, 0.15) is 17.7 Å². The molecule has 22 heavy (non-hydrogen) atoms. The van der Waals surface area contributed by atoms with E-state index in [2.05, 4.69) is 15.5 Å². The van der Waals surface area contributed by atoms with Crippen molar-refractivity contribution in [2.75, 3.05) is 0 Å². The van der Waals surface area contributed by atoms with Crippen molar-refractivity contribution in [3.05, 3.63) is 60.2 Å². The lowest BCUT2D eigenvalue weighted by atomic mass is 10.1. The number of nitrogens with zero attached hydrogens (tertiary/aromatic N) is 2. The highest BCUT2D eigenvalue weighted by atomic mass is 16.5. The summed E-state index contributed by atoms with van der Waals surface area (Å²) in [5.74, 6) is 1.13. The summed E-state index contributed by atoms with van der Waals surface area (Å²) in [6.07, 6.45) is 6.12. The van der Waals surface area contributed by atoms with Crippen LogP contribution in [0.3, 0.4) is 0 Å². The average Bonchev–Trinajstić information content (AvgIpc) is 3.22. The van der Waals surface area contributed by atoms with Gasteiger partial charge in [-0.1, -0.05) is 5.16 Å². The Morgan fingerprint density at radius 2 is 2.05 bits per heavy atom. The second-order valence-corrected chi connectivity index (χ2v) is 4.79. The molecule has 0 radical (unpaired) electrons. The van der Waals surface area contributed by atoms with Crippen LogP contribution in [0.4, 0.5) is 0 Å². The Morgan fingerprint density at radius 1 is 1.18 bits per heavy atom. The zero-order valence-corrected chi connectivity index (χ0v) is 11.9. The molecule has 1 N–H and O–H groups in total. The first kappa shape index (κ1) is 14.1. The van der Waals surface area contributed by atoms with Gasteiger partial charge in [-0.3, -0.25) is 9.78 Å². The second-order valence-electron chi connectivity index (χ2n) is 4.79. The molecule has 0 aliphatic rings. The molecule has 0 unspecified atom stereocenters. The minimum absolute atomic E-state index is 0.0284. The van der Waals surface area contributed by atoms with E-state index in [1.165, 1.54) is 0 Å².